The van der Waals surface area contributed by atoms with Gasteiger partial charge in [-0.2, -0.15) is 0 Å². The van der Waals surface area contributed by atoms with E-state index >= 15 is 0 Å². The largest absolute Gasteiger partial charge is 0.365 e. The number of hydrogen-bond donors (Lipinski definition) is 0. The van der Waals surface area contributed by atoms with Crippen molar-refractivity contribution in [1.29, 1.82) is 0 Å². The Hall–Kier alpha value is -0.720. The third-order valence-corrected chi connectivity index (χ3v) is 4.49. The lowest BCUT2D eigenvalue weighted by atomic mass is 9.67. The van der Waals surface area contributed by atoms with Crippen molar-refractivity contribution in [3.8, 4) is 0 Å². The smallest absolute Gasteiger partial charge is 0.0558 e. The Kier molecular flexibility index (Phi) is 4.77. The molecule has 0 bridgehead atoms. The van der Waals surface area contributed by atoms with Crippen molar-refractivity contribution in [2.75, 3.05) is 0 Å². The minimum atomic E-state index is 0.110. The van der Waals surface area contributed by atoms with Crippen molar-refractivity contribution >= 4 is 0 Å². The van der Waals surface area contributed by atoms with Gasteiger partial charge in [-0.25, -0.2) is 0 Å². The highest BCUT2D eigenvalue weighted by molar-refractivity contribution is 5.39. The summed E-state index contributed by atoms with van der Waals surface area (Å²) >= 11 is 0. The summed E-state index contributed by atoms with van der Waals surface area (Å²) in [5.41, 5.74) is 3.65. The third-order valence-electron chi connectivity index (χ3n) is 4.49. The van der Waals surface area contributed by atoms with Gasteiger partial charge in [-0.05, 0) is 48.2 Å². The quantitative estimate of drug-likeness (QED) is 0.499. The molecule has 1 aliphatic heterocycles. The van der Waals surface area contributed by atoms with E-state index < -0.39 is 0 Å². The Balaban J connectivity index is 3.61. The van der Waals surface area contributed by atoms with Gasteiger partial charge in [0.1, 0.15) is 0 Å². The first kappa shape index (κ1) is 19.3. The minimum absolute atomic E-state index is 0.110. The molecule has 1 heterocycles. The van der Waals surface area contributed by atoms with Gasteiger partial charge in [0.15, 0.2) is 0 Å². The molecule has 128 valence electrons. The molecule has 1 aliphatic rings. The van der Waals surface area contributed by atoms with Gasteiger partial charge < -0.3 is 4.90 Å². The Labute approximate surface area is 139 Å². The maximum absolute atomic E-state index is 2.61. The van der Waals surface area contributed by atoms with E-state index in [9.17, 15) is 0 Å². The second-order valence-electron chi connectivity index (χ2n) is 11.0. The molecule has 0 N–H and O–H groups in total. The SMILES string of the molecule is CC(C)(C)C1=CN(C(C)(C)C)C(C(C)(C)C)C(C(C)(C)C)=C1. The van der Waals surface area contributed by atoms with Crippen LogP contribution < -0.4 is 0 Å². The molecule has 1 heteroatoms. The van der Waals surface area contributed by atoms with Crippen LogP contribution in [0.1, 0.15) is 83.1 Å². The lowest BCUT2D eigenvalue weighted by Crippen LogP contribution is -2.54. The number of hydrogen-bond acceptors (Lipinski definition) is 1. The highest BCUT2D eigenvalue weighted by Crippen LogP contribution is 2.46. The normalized spacial score (nSPS) is 21.6. The highest BCUT2D eigenvalue weighted by Gasteiger charge is 2.43. The molecule has 0 fully saturated rings. The van der Waals surface area contributed by atoms with Crippen LogP contribution in [0.5, 0.6) is 0 Å². The molecule has 0 radical (unpaired) electrons. The van der Waals surface area contributed by atoms with E-state index in [4.69, 9.17) is 0 Å². The Morgan fingerprint density at radius 1 is 0.727 bits per heavy atom. The van der Waals surface area contributed by atoms with Crippen LogP contribution in [-0.2, 0) is 0 Å². The van der Waals surface area contributed by atoms with E-state index in [0.29, 0.717) is 6.04 Å². The predicted molar refractivity (Wildman–Crippen MR) is 99.9 cm³/mol. The lowest BCUT2D eigenvalue weighted by molar-refractivity contribution is 0.0743. The van der Waals surface area contributed by atoms with Crippen molar-refractivity contribution in [2.45, 2.75) is 94.7 Å². The first-order chi connectivity index (χ1) is 9.45. The summed E-state index contributed by atoms with van der Waals surface area (Å²) in [5, 5.41) is 0. The average molecular weight is 306 g/mol. The molecule has 0 saturated heterocycles. The van der Waals surface area contributed by atoms with Crippen LogP contribution in [0.15, 0.2) is 23.4 Å². The summed E-state index contributed by atoms with van der Waals surface area (Å²) in [6.45, 7) is 28.1. The summed E-state index contributed by atoms with van der Waals surface area (Å²) in [7, 11) is 0. The summed E-state index contributed by atoms with van der Waals surface area (Å²) in [6.07, 6.45) is 4.91. The Morgan fingerprint density at radius 2 is 1.18 bits per heavy atom. The number of allylic oxidation sites excluding steroid dienone is 2. The van der Waals surface area contributed by atoms with Crippen LogP contribution in [-0.4, -0.2) is 16.5 Å². The zero-order chi connectivity index (χ0) is 17.7. The van der Waals surface area contributed by atoms with Crippen molar-refractivity contribution in [2.24, 2.45) is 16.2 Å². The summed E-state index contributed by atoms with van der Waals surface area (Å²) in [6, 6.07) is 0.429. The van der Waals surface area contributed by atoms with Crippen molar-refractivity contribution < 1.29 is 0 Å². The van der Waals surface area contributed by atoms with E-state index in [2.05, 4.69) is 100 Å². The fourth-order valence-corrected chi connectivity index (χ4v) is 3.16. The van der Waals surface area contributed by atoms with Crippen LogP contribution in [0.3, 0.4) is 0 Å². The zero-order valence-electron chi connectivity index (χ0n) is 17.2. The average Bonchev–Trinajstić information content (AvgIpc) is 2.22. The van der Waals surface area contributed by atoms with E-state index in [1.54, 1.807) is 5.57 Å². The monoisotopic (exact) mass is 305 g/mol. The van der Waals surface area contributed by atoms with Crippen molar-refractivity contribution in [3.05, 3.63) is 23.4 Å². The molecule has 22 heavy (non-hydrogen) atoms. The fourth-order valence-electron chi connectivity index (χ4n) is 3.16. The molecule has 1 rings (SSSR count). The van der Waals surface area contributed by atoms with Gasteiger partial charge >= 0.3 is 0 Å². The number of nitrogens with zero attached hydrogens (tertiary/aromatic N) is 1. The summed E-state index contributed by atoms with van der Waals surface area (Å²) < 4.78 is 0. The standard InChI is InChI=1S/C21H39N/c1-18(2,3)15-13-16(19(4,5)6)17(20(7,8)9)22(14-15)21(10,11)12/h13-14,17H,1-12H3. The number of rotatable bonds is 0. The van der Waals surface area contributed by atoms with Crippen molar-refractivity contribution in [3.63, 3.8) is 0 Å². The Morgan fingerprint density at radius 3 is 1.45 bits per heavy atom. The summed E-state index contributed by atoms with van der Waals surface area (Å²) in [5.74, 6) is 0. The molecular weight excluding hydrogens is 266 g/mol. The zero-order valence-corrected chi connectivity index (χ0v) is 17.2. The van der Waals surface area contributed by atoms with Gasteiger partial charge in [-0.15, -0.1) is 0 Å². The van der Waals surface area contributed by atoms with Crippen molar-refractivity contribution in [1.82, 2.24) is 4.90 Å². The second-order valence-corrected chi connectivity index (χ2v) is 11.0. The summed E-state index contributed by atoms with van der Waals surface area (Å²) in [4.78, 5) is 2.61. The van der Waals surface area contributed by atoms with Gasteiger partial charge in [0.05, 0.1) is 6.04 Å². The van der Waals surface area contributed by atoms with E-state index in [1.165, 1.54) is 5.57 Å². The van der Waals surface area contributed by atoms with Gasteiger partial charge in [-0.3, -0.25) is 0 Å². The topological polar surface area (TPSA) is 3.24 Å². The molecule has 1 nitrogen and oxygen atoms in total. The molecule has 0 aromatic carbocycles. The van der Waals surface area contributed by atoms with Crippen LogP contribution in [0.2, 0.25) is 0 Å². The van der Waals surface area contributed by atoms with Crippen LogP contribution in [0.25, 0.3) is 0 Å². The van der Waals surface area contributed by atoms with E-state index in [1.807, 2.05) is 0 Å². The van der Waals surface area contributed by atoms with Gasteiger partial charge in [0.25, 0.3) is 0 Å². The minimum Gasteiger partial charge on any atom is -0.365 e. The molecule has 0 amide bonds. The molecule has 1 unspecified atom stereocenters. The highest BCUT2D eigenvalue weighted by atomic mass is 15.2. The lowest BCUT2D eigenvalue weighted by Gasteiger charge is -2.53. The maximum Gasteiger partial charge on any atom is 0.0558 e. The first-order valence-electron chi connectivity index (χ1n) is 8.68. The second kappa shape index (κ2) is 5.42. The van der Waals surface area contributed by atoms with Crippen LogP contribution in [0, 0.1) is 16.2 Å². The maximum atomic E-state index is 2.61. The van der Waals surface area contributed by atoms with Gasteiger partial charge in [0, 0.05) is 11.7 Å². The Bertz CT molecular complexity index is 464. The fraction of sp³-hybridized carbons (Fsp3) is 0.810. The first-order valence-corrected chi connectivity index (χ1v) is 8.68. The molecular formula is C21H39N. The molecule has 0 aliphatic carbocycles. The van der Waals surface area contributed by atoms with Crippen LogP contribution >= 0.6 is 0 Å². The molecule has 0 saturated carbocycles. The van der Waals surface area contributed by atoms with Crippen LogP contribution in [0.4, 0.5) is 0 Å². The molecule has 1 atom stereocenters. The molecule has 0 spiro atoms. The molecule has 0 aromatic heterocycles. The van der Waals surface area contributed by atoms with E-state index in [0.717, 1.165) is 0 Å². The molecule has 0 aromatic rings. The van der Waals surface area contributed by atoms with Gasteiger partial charge in [0.2, 0.25) is 0 Å². The van der Waals surface area contributed by atoms with E-state index in [-0.39, 0.29) is 21.8 Å². The third kappa shape index (κ3) is 4.18. The van der Waals surface area contributed by atoms with Gasteiger partial charge in [-0.1, -0.05) is 68.4 Å². The predicted octanol–water partition coefficient (Wildman–Crippen LogP) is 6.42.